The monoisotopic (exact) mass is 408 g/mol. The van der Waals surface area contributed by atoms with Gasteiger partial charge in [-0.25, -0.2) is 0 Å². The van der Waals surface area contributed by atoms with Crippen LogP contribution in [0.5, 0.6) is 5.75 Å². The van der Waals surface area contributed by atoms with Crippen LogP contribution in [-0.2, 0) is 4.79 Å². The lowest BCUT2D eigenvalue weighted by Crippen LogP contribution is -2.38. The molecule has 0 saturated heterocycles. The van der Waals surface area contributed by atoms with Crippen LogP contribution in [0.4, 0.5) is 0 Å². The zero-order chi connectivity index (χ0) is 22.5. The first kappa shape index (κ1) is 24.1. The molecule has 0 bridgehead atoms. The summed E-state index contributed by atoms with van der Waals surface area (Å²) in [5, 5.41) is 0. The third-order valence-corrected chi connectivity index (χ3v) is 5.47. The first-order chi connectivity index (χ1) is 14.0. The maximum Gasteiger partial charge on any atom is 0.316 e. The highest BCUT2D eigenvalue weighted by molar-refractivity contribution is 5.78. The first-order valence-electron chi connectivity index (χ1n) is 11.0. The van der Waals surface area contributed by atoms with Gasteiger partial charge in [0.2, 0.25) is 0 Å². The Hall–Kier alpha value is -2.13. The zero-order valence-electron chi connectivity index (χ0n) is 19.7. The number of nitrogens with zero attached hydrogens (tertiary/aromatic N) is 1. The van der Waals surface area contributed by atoms with Gasteiger partial charge < -0.3 is 4.74 Å². The summed E-state index contributed by atoms with van der Waals surface area (Å²) < 4.78 is 5.89. The van der Waals surface area contributed by atoms with E-state index in [9.17, 15) is 4.79 Å². The molecule has 1 atom stereocenters. The first-order valence-corrected chi connectivity index (χ1v) is 11.0. The molecule has 2 aromatic carbocycles. The van der Waals surface area contributed by atoms with E-state index in [1.807, 2.05) is 39.0 Å². The van der Waals surface area contributed by atoms with Crippen molar-refractivity contribution in [3.05, 3.63) is 72.1 Å². The number of hydrogen-bond donors (Lipinski definition) is 0. The van der Waals surface area contributed by atoms with E-state index in [4.69, 9.17) is 4.74 Å². The number of ether oxygens (including phenoxy) is 1. The largest absolute Gasteiger partial charge is 0.426 e. The molecule has 2 aromatic rings. The molecule has 163 valence electrons. The van der Waals surface area contributed by atoms with Crippen molar-refractivity contribution in [2.24, 2.45) is 5.41 Å². The number of hydrogen-bond acceptors (Lipinski definition) is 3. The summed E-state index contributed by atoms with van der Waals surface area (Å²) in [6.07, 6.45) is 0.934. The minimum atomic E-state index is -0.561. The second-order valence-corrected chi connectivity index (χ2v) is 9.69. The van der Waals surface area contributed by atoms with Crippen molar-refractivity contribution in [1.29, 1.82) is 0 Å². The van der Waals surface area contributed by atoms with Crippen LogP contribution in [0, 0.1) is 12.3 Å². The number of carbonyl (C=O) groups excluding carboxylic acids is 1. The van der Waals surface area contributed by atoms with Gasteiger partial charge >= 0.3 is 5.97 Å². The van der Waals surface area contributed by atoms with E-state index in [0.717, 1.165) is 24.1 Å². The molecule has 0 saturated carbocycles. The summed E-state index contributed by atoms with van der Waals surface area (Å²) >= 11 is 0. The van der Waals surface area contributed by atoms with Crippen molar-refractivity contribution in [2.45, 2.75) is 72.9 Å². The molecular formula is C27H38NO2. The number of carbonyl (C=O) groups is 1. The molecule has 0 aliphatic carbocycles. The van der Waals surface area contributed by atoms with Gasteiger partial charge in [-0.05, 0) is 85.5 Å². The molecule has 1 radical (unpaired) electrons. The molecule has 0 N–H and O–H groups in total. The fourth-order valence-corrected chi connectivity index (χ4v) is 3.79. The van der Waals surface area contributed by atoms with Crippen LogP contribution in [0.25, 0.3) is 0 Å². The van der Waals surface area contributed by atoms with Crippen LogP contribution in [0.2, 0.25) is 0 Å². The molecule has 0 heterocycles. The molecule has 2 rings (SSSR count). The van der Waals surface area contributed by atoms with Gasteiger partial charge in [-0.15, -0.1) is 0 Å². The summed E-state index contributed by atoms with van der Waals surface area (Å²) in [5.74, 6) is 0.533. The second kappa shape index (κ2) is 10.3. The third kappa shape index (κ3) is 6.43. The van der Waals surface area contributed by atoms with Crippen LogP contribution in [0.1, 0.15) is 77.5 Å². The summed E-state index contributed by atoms with van der Waals surface area (Å²) in [4.78, 5) is 15.1. The maximum atomic E-state index is 12.6. The minimum absolute atomic E-state index is 0.121. The third-order valence-electron chi connectivity index (χ3n) is 5.47. The van der Waals surface area contributed by atoms with Crippen molar-refractivity contribution in [3.63, 3.8) is 0 Å². The Morgan fingerprint density at radius 3 is 2.13 bits per heavy atom. The maximum absolute atomic E-state index is 12.6. The predicted molar refractivity (Wildman–Crippen MR) is 126 cm³/mol. The molecule has 0 fully saturated rings. The predicted octanol–water partition coefficient (Wildman–Crippen LogP) is 6.46. The molecular weight excluding hydrogens is 370 g/mol. The quantitative estimate of drug-likeness (QED) is 0.371. The average molecular weight is 409 g/mol. The molecule has 0 aliphatic heterocycles. The Kier molecular flexibility index (Phi) is 8.25. The van der Waals surface area contributed by atoms with Gasteiger partial charge in [-0.3, -0.25) is 9.69 Å². The normalized spacial score (nSPS) is 13.2. The van der Waals surface area contributed by atoms with E-state index in [0.29, 0.717) is 17.8 Å². The number of rotatable bonds is 8. The Balaban J connectivity index is 2.46. The molecule has 0 amide bonds. The van der Waals surface area contributed by atoms with Gasteiger partial charge in [0.25, 0.3) is 0 Å². The standard InChI is InChI=1S/C27H38NO2/c1-19(2)28(20(3)4)17-16-23(22-12-10-9-11-13-22)24-18-21(5)14-15-25(24)30-26(29)27(6,7)8/h9-15,18-20,23H,5,16-17H2,1-4,6-8H3. The highest BCUT2D eigenvalue weighted by atomic mass is 16.5. The van der Waals surface area contributed by atoms with Gasteiger partial charge in [0, 0.05) is 23.6 Å². The summed E-state index contributed by atoms with van der Waals surface area (Å²) in [6.45, 7) is 19.7. The van der Waals surface area contributed by atoms with Crippen molar-refractivity contribution in [1.82, 2.24) is 4.90 Å². The van der Waals surface area contributed by atoms with Crippen molar-refractivity contribution < 1.29 is 9.53 Å². The minimum Gasteiger partial charge on any atom is -0.426 e. The second-order valence-electron chi connectivity index (χ2n) is 9.69. The van der Waals surface area contributed by atoms with Crippen LogP contribution in [-0.4, -0.2) is 29.5 Å². The van der Waals surface area contributed by atoms with E-state index in [-0.39, 0.29) is 11.9 Å². The van der Waals surface area contributed by atoms with Crippen LogP contribution >= 0.6 is 0 Å². The van der Waals surface area contributed by atoms with Crippen LogP contribution < -0.4 is 4.74 Å². The lowest BCUT2D eigenvalue weighted by molar-refractivity contribution is -0.143. The zero-order valence-corrected chi connectivity index (χ0v) is 19.7. The Bertz CT molecular complexity index is 811. The van der Waals surface area contributed by atoms with Crippen LogP contribution in [0.15, 0.2) is 48.5 Å². The van der Waals surface area contributed by atoms with Gasteiger partial charge in [-0.1, -0.05) is 42.5 Å². The van der Waals surface area contributed by atoms with E-state index >= 15 is 0 Å². The number of benzene rings is 2. The molecule has 3 nitrogen and oxygen atoms in total. The average Bonchev–Trinajstić information content (AvgIpc) is 2.66. The van der Waals surface area contributed by atoms with Crippen molar-refractivity contribution in [2.75, 3.05) is 6.54 Å². The summed E-state index contributed by atoms with van der Waals surface area (Å²) in [7, 11) is 0. The molecule has 1 unspecified atom stereocenters. The molecule has 0 spiro atoms. The van der Waals surface area contributed by atoms with Gasteiger partial charge in [-0.2, -0.15) is 0 Å². The SMILES string of the molecule is [CH2]c1ccc(OC(=O)C(C)(C)C)c(C(CCN(C(C)C)C(C)C)c2ccccc2)c1. The Morgan fingerprint density at radius 2 is 1.60 bits per heavy atom. The van der Waals surface area contributed by atoms with Gasteiger partial charge in [0.1, 0.15) is 5.75 Å². The Morgan fingerprint density at radius 1 is 1.00 bits per heavy atom. The smallest absolute Gasteiger partial charge is 0.316 e. The van der Waals surface area contributed by atoms with Crippen LogP contribution in [0.3, 0.4) is 0 Å². The summed E-state index contributed by atoms with van der Waals surface area (Å²) in [5.41, 5.74) is 2.61. The fraction of sp³-hybridized carbons (Fsp3) is 0.481. The van der Waals surface area contributed by atoms with E-state index in [1.165, 1.54) is 5.56 Å². The lowest BCUT2D eigenvalue weighted by Gasteiger charge is -2.32. The van der Waals surface area contributed by atoms with E-state index in [1.54, 1.807) is 0 Å². The topological polar surface area (TPSA) is 29.5 Å². The summed E-state index contributed by atoms with van der Waals surface area (Å²) in [6, 6.07) is 17.3. The van der Waals surface area contributed by atoms with Gasteiger partial charge in [0.05, 0.1) is 5.41 Å². The Labute approximate surface area is 183 Å². The molecule has 3 heteroatoms. The molecule has 0 aromatic heterocycles. The van der Waals surface area contributed by atoms with Gasteiger partial charge in [0.15, 0.2) is 0 Å². The highest BCUT2D eigenvalue weighted by Gasteiger charge is 2.27. The van der Waals surface area contributed by atoms with E-state index in [2.05, 4.69) is 69.9 Å². The van der Waals surface area contributed by atoms with Crippen molar-refractivity contribution in [3.8, 4) is 5.75 Å². The highest BCUT2D eigenvalue weighted by Crippen LogP contribution is 2.36. The molecule has 30 heavy (non-hydrogen) atoms. The lowest BCUT2D eigenvalue weighted by atomic mass is 9.86. The van der Waals surface area contributed by atoms with E-state index < -0.39 is 5.41 Å². The fourth-order valence-electron chi connectivity index (χ4n) is 3.79. The number of esters is 1. The molecule has 0 aliphatic rings. The van der Waals surface area contributed by atoms with Crippen molar-refractivity contribution >= 4 is 5.97 Å².